The summed E-state index contributed by atoms with van der Waals surface area (Å²) in [6.45, 7) is 1.63. The first-order valence-corrected chi connectivity index (χ1v) is 8.39. The summed E-state index contributed by atoms with van der Waals surface area (Å²) in [5.74, 6) is 0. The molecule has 20 heavy (non-hydrogen) atoms. The van der Waals surface area contributed by atoms with Crippen molar-refractivity contribution in [1.29, 1.82) is 0 Å². The lowest BCUT2D eigenvalue weighted by molar-refractivity contribution is 0.319. The average Bonchev–Trinajstić information content (AvgIpc) is 2.47. The molecule has 0 atom stereocenters. The van der Waals surface area contributed by atoms with Crippen molar-refractivity contribution in [3.05, 3.63) is 29.8 Å². The lowest BCUT2D eigenvalue weighted by Gasteiger charge is -2.23. The first kappa shape index (κ1) is 14.8. The van der Waals surface area contributed by atoms with Gasteiger partial charge in [0.1, 0.15) is 0 Å². The summed E-state index contributed by atoms with van der Waals surface area (Å²) in [5, 5.41) is 11.7. The third kappa shape index (κ3) is 3.30. The summed E-state index contributed by atoms with van der Waals surface area (Å²) in [7, 11) is -3.39. The molecule has 0 bridgehead atoms. The summed E-state index contributed by atoms with van der Waals surface area (Å²) in [6.07, 6.45) is 4.46. The Bertz CT molecular complexity index is 590. The molecule has 2 N–H and O–H groups in total. The van der Waals surface area contributed by atoms with Gasteiger partial charge < -0.3 is 5.21 Å². The summed E-state index contributed by atoms with van der Waals surface area (Å²) >= 11 is 0. The number of anilines is 1. The van der Waals surface area contributed by atoms with Crippen molar-refractivity contribution in [3.63, 3.8) is 0 Å². The number of hydrogen-bond acceptors (Lipinski definition) is 4. The van der Waals surface area contributed by atoms with Crippen LogP contribution in [0.15, 0.2) is 29.4 Å². The van der Waals surface area contributed by atoms with Gasteiger partial charge in [0.05, 0.1) is 16.6 Å². The van der Waals surface area contributed by atoms with Gasteiger partial charge in [-0.15, -0.1) is 0 Å². The van der Waals surface area contributed by atoms with E-state index in [1.807, 2.05) is 0 Å². The van der Waals surface area contributed by atoms with E-state index in [4.69, 9.17) is 5.21 Å². The summed E-state index contributed by atoms with van der Waals surface area (Å²) in [5.41, 5.74) is 1.44. The highest BCUT2D eigenvalue weighted by Crippen LogP contribution is 2.26. The fourth-order valence-corrected chi connectivity index (χ4v) is 4.16. The molecule has 2 rings (SSSR count). The fraction of sp³-hybridized carbons (Fsp3) is 0.500. The summed E-state index contributed by atoms with van der Waals surface area (Å²) in [6, 6.07) is 6.95. The zero-order valence-corrected chi connectivity index (χ0v) is 12.4. The first-order chi connectivity index (χ1) is 9.54. The number of nitrogens with zero attached hydrogens (tertiary/aromatic N) is 1. The maximum absolute atomic E-state index is 12.4. The van der Waals surface area contributed by atoms with Gasteiger partial charge in [-0.3, -0.25) is 4.72 Å². The second-order valence-electron chi connectivity index (χ2n) is 5.14. The maximum Gasteiger partial charge on any atom is 0.235 e. The third-order valence-electron chi connectivity index (χ3n) is 3.71. The molecule has 1 saturated carbocycles. The Morgan fingerprint density at radius 2 is 1.90 bits per heavy atom. The lowest BCUT2D eigenvalue weighted by Crippen LogP contribution is -2.30. The van der Waals surface area contributed by atoms with Crippen LogP contribution in [0.1, 0.15) is 44.6 Å². The number of nitrogens with one attached hydrogen (secondary N) is 1. The summed E-state index contributed by atoms with van der Waals surface area (Å²) < 4.78 is 27.5. The van der Waals surface area contributed by atoms with Crippen LogP contribution >= 0.6 is 0 Å². The van der Waals surface area contributed by atoms with Gasteiger partial charge >= 0.3 is 0 Å². The van der Waals surface area contributed by atoms with Crippen LogP contribution in [0.4, 0.5) is 5.69 Å². The van der Waals surface area contributed by atoms with Crippen molar-refractivity contribution in [3.8, 4) is 0 Å². The van der Waals surface area contributed by atoms with Crippen LogP contribution in [0.2, 0.25) is 0 Å². The quantitative estimate of drug-likeness (QED) is 0.509. The number of benzene rings is 1. The van der Waals surface area contributed by atoms with Crippen LogP contribution in [-0.2, 0) is 10.0 Å². The van der Waals surface area contributed by atoms with E-state index in [2.05, 4.69) is 9.88 Å². The van der Waals surface area contributed by atoms with Crippen LogP contribution in [0.5, 0.6) is 0 Å². The van der Waals surface area contributed by atoms with E-state index in [9.17, 15) is 8.42 Å². The smallest absolute Gasteiger partial charge is 0.235 e. The van der Waals surface area contributed by atoms with Gasteiger partial charge in [-0.05, 0) is 25.8 Å². The Hall–Kier alpha value is -1.56. The molecular formula is C14H20N2O3S. The molecule has 0 amide bonds. The summed E-state index contributed by atoms with van der Waals surface area (Å²) in [4.78, 5) is 0. The predicted molar refractivity (Wildman–Crippen MR) is 79.9 cm³/mol. The number of oxime groups is 1. The van der Waals surface area contributed by atoms with Gasteiger partial charge in [0.25, 0.3) is 0 Å². The topological polar surface area (TPSA) is 78.8 Å². The molecule has 0 unspecified atom stereocenters. The molecule has 0 saturated heterocycles. The van der Waals surface area contributed by atoms with Crippen molar-refractivity contribution in [2.75, 3.05) is 4.72 Å². The Morgan fingerprint density at radius 1 is 1.25 bits per heavy atom. The Kier molecular flexibility index (Phi) is 4.65. The van der Waals surface area contributed by atoms with Crippen molar-refractivity contribution >= 4 is 21.4 Å². The van der Waals surface area contributed by atoms with Crippen LogP contribution < -0.4 is 4.72 Å². The van der Waals surface area contributed by atoms with Crippen LogP contribution in [-0.4, -0.2) is 24.6 Å². The molecule has 1 fully saturated rings. The van der Waals surface area contributed by atoms with E-state index >= 15 is 0 Å². The molecule has 1 aromatic rings. The van der Waals surface area contributed by atoms with Crippen LogP contribution in [0.3, 0.4) is 0 Å². The van der Waals surface area contributed by atoms with E-state index in [-0.39, 0.29) is 5.25 Å². The SMILES string of the molecule is C/C(=N\O)c1ccccc1NS(=O)(=O)C1CCCCC1. The van der Waals surface area contributed by atoms with E-state index < -0.39 is 10.0 Å². The zero-order chi connectivity index (χ0) is 14.6. The van der Waals surface area contributed by atoms with Gasteiger partial charge in [-0.1, -0.05) is 42.6 Å². The second kappa shape index (κ2) is 6.26. The molecule has 0 spiro atoms. The third-order valence-corrected chi connectivity index (χ3v) is 5.56. The largest absolute Gasteiger partial charge is 0.411 e. The Balaban J connectivity index is 2.25. The molecule has 6 heteroatoms. The van der Waals surface area contributed by atoms with Gasteiger partial charge in [0, 0.05) is 5.56 Å². The molecule has 1 aliphatic carbocycles. The average molecular weight is 296 g/mol. The first-order valence-electron chi connectivity index (χ1n) is 6.84. The minimum atomic E-state index is -3.39. The van der Waals surface area contributed by atoms with Gasteiger partial charge in [-0.2, -0.15) is 0 Å². The van der Waals surface area contributed by atoms with Crippen LogP contribution in [0, 0.1) is 0 Å². The maximum atomic E-state index is 12.4. The van der Waals surface area contributed by atoms with E-state index in [1.54, 1.807) is 31.2 Å². The monoisotopic (exact) mass is 296 g/mol. The van der Waals surface area contributed by atoms with Crippen LogP contribution in [0.25, 0.3) is 0 Å². The highest BCUT2D eigenvalue weighted by molar-refractivity contribution is 7.93. The Labute approximate surface area is 119 Å². The van der Waals surface area contributed by atoms with E-state index in [1.165, 1.54) is 0 Å². The molecular weight excluding hydrogens is 276 g/mol. The highest BCUT2D eigenvalue weighted by atomic mass is 32.2. The lowest BCUT2D eigenvalue weighted by atomic mass is 10.0. The number of hydrogen-bond donors (Lipinski definition) is 2. The van der Waals surface area contributed by atoms with Crippen molar-refractivity contribution in [2.45, 2.75) is 44.3 Å². The van der Waals surface area contributed by atoms with Gasteiger partial charge in [-0.25, -0.2) is 8.42 Å². The highest BCUT2D eigenvalue weighted by Gasteiger charge is 2.27. The predicted octanol–water partition coefficient (Wildman–Crippen LogP) is 2.96. The van der Waals surface area contributed by atoms with E-state index in [0.717, 1.165) is 19.3 Å². The fourth-order valence-electron chi connectivity index (χ4n) is 2.55. The zero-order valence-electron chi connectivity index (χ0n) is 11.5. The van der Waals surface area contributed by atoms with E-state index in [0.29, 0.717) is 29.8 Å². The minimum Gasteiger partial charge on any atom is -0.411 e. The van der Waals surface area contributed by atoms with Crippen molar-refractivity contribution < 1.29 is 13.6 Å². The molecule has 0 aliphatic heterocycles. The molecule has 0 heterocycles. The van der Waals surface area contributed by atoms with Gasteiger partial charge in [0.2, 0.25) is 10.0 Å². The van der Waals surface area contributed by atoms with Gasteiger partial charge in [0.15, 0.2) is 0 Å². The number of para-hydroxylation sites is 1. The number of sulfonamides is 1. The van der Waals surface area contributed by atoms with Crippen molar-refractivity contribution in [1.82, 2.24) is 0 Å². The molecule has 1 aromatic carbocycles. The van der Waals surface area contributed by atoms with Crippen molar-refractivity contribution in [2.24, 2.45) is 5.16 Å². The minimum absolute atomic E-state index is 0.323. The normalized spacial score (nSPS) is 17.9. The Morgan fingerprint density at radius 3 is 2.55 bits per heavy atom. The molecule has 5 nitrogen and oxygen atoms in total. The molecule has 0 radical (unpaired) electrons. The molecule has 1 aliphatic rings. The molecule has 110 valence electrons. The standard InChI is InChI=1S/C14H20N2O3S/c1-11(15-17)13-9-5-6-10-14(13)16-20(18,19)12-7-3-2-4-8-12/h5-6,9-10,12,16-17H,2-4,7-8H2,1H3/b15-11+. The second-order valence-corrected chi connectivity index (χ2v) is 7.10. The molecule has 0 aromatic heterocycles. The number of rotatable bonds is 4.